The Hall–Kier alpha value is -1.36. The van der Waals surface area contributed by atoms with Gasteiger partial charge in [-0.3, -0.25) is 4.79 Å². The van der Waals surface area contributed by atoms with Gasteiger partial charge in [0.2, 0.25) is 0 Å². The van der Waals surface area contributed by atoms with Gasteiger partial charge < -0.3 is 4.90 Å². The molecule has 1 heterocycles. The second kappa shape index (κ2) is 5.31. The number of hydrogen-bond donors (Lipinski definition) is 0. The van der Waals surface area contributed by atoms with Crippen molar-refractivity contribution in [2.24, 2.45) is 0 Å². The zero-order chi connectivity index (χ0) is 13.1. The molecular formula is C12H17NO3S. The van der Waals surface area contributed by atoms with Gasteiger partial charge in [-0.2, -0.15) is 0 Å². The molecule has 0 amide bonds. The number of benzene rings is 1. The zero-order valence-electron chi connectivity index (χ0n) is 10.3. The molecule has 0 bridgehead atoms. The van der Waals surface area contributed by atoms with Crippen molar-refractivity contribution in [3.63, 3.8) is 0 Å². The van der Waals surface area contributed by atoms with Crippen molar-refractivity contribution in [1.82, 2.24) is 0 Å². The van der Waals surface area contributed by atoms with Crippen molar-refractivity contribution < 1.29 is 13.2 Å². The Bertz CT molecular complexity index is 483. The summed E-state index contributed by atoms with van der Waals surface area (Å²) in [5, 5.41) is 0. The third-order valence-corrected chi connectivity index (χ3v) is 3.49. The first-order chi connectivity index (χ1) is 7.97. The van der Waals surface area contributed by atoms with E-state index in [0.29, 0.717) is 18.0 Å². The van der Waals surface area contributed by atoms with Crippen LogP contribution in [0.1, 0.15) is 13.8 Å². The summed E-state index contributed by atoms with van der Waals surface area (Å²) in [4.78, 5) is 13.0. The molecule has 17 heavy (non-hydrogen) atoms. The number of nitrogens with zero attached hydrogens (tertiary/aromatic N) is 1. The minimum atomic E-state index is -3.13. The van der Waals surface area contributed by atoms with E-state index in [0.717, 1.165) is 5.69 Å². The highest BCUT2D eigenvalue weighted by Gasteiger charge is 2.23. The highest BCUT2D eigenvalue weighted by molar-refractivity contribution is 7.90. The molecular weight excluding hydrogens is 238 g/mol. The van der Waals surface area contributed by atoms with Gasteiger partial charge in [-0.15, -0.1) is 0 Å². The molecule has 1 aromatic carbocycles. The van der Waals surface area contributed by atoms with Crippen molar-refractivity contribution in [1.29, 1.82) is 0 Å². The number of sulfone groups is 1. The third-order valence-electron chi connectivity index (χ3n) is 2.36. The molecule has 0 unspecified atom stereocenters. The van der Waals surface area contributed by atoms with Crippen LogP contribution >= 0.6 is 0 Å². The summed E-state index contributed by atoms with van der Waals surface area (Å²) in [6, 6.07) is 6.58. The van der Waals surface area contributed by atoms with E-state index in [1.165, 1.54) is 6.26 Å². The molecule has 0 aliphatic carbocycles. The minimum Gasteiger partial charge on any atom is -0.357 e. The van der Waals surface area contributed by atoms with Gasteiger partial charge in [0, 0.05) is 11.9 Å². The molecule has 1 saturated heterocycles. The summed E-state index contributed by atoms with van der Waals surface area (Å²) < 4.78 is 22.4. The minimum absolute atomic E-state index is 0.210. The number of rotatable bonds is 2. The third kappa shape index (κ3) is 3.30. The van der Waals surface area contributed by atoms with E-state index in [1.807, 2.05) is 18.7 Å². The summed E-state index contributed by atoms with van der Waals surface area (Å²) in [7, 11) is -3.13. The fourth-order valence-electron chi connectivity index (χ4n) is 1.47. The predicted octanol–water partition coefficient (Wildman–Crippen LogP) is 1.51. The van der Waals surface area contributed by atoms with Crippen molar-refractivity contribution in [3.05, 3.63) is 24.3 Å². The molecule has 0 spiro atoms. The Balaban J connectivity index is 0.000000686. The van der Waals surface area contributed by atoms with Gasteiger partial charge in [0.25, 0.3) is 0 Å². The molecule has 0 saturated carbocycles. The maximum Gasteiger partial charge on any atom is 0.175 e. The van der Waals surface area contributed by atoms with E-state index in [1.54, 1.807) is 24.3 Å². The number of carbonyl (C=O) groups is 1. The van der Waals surface area contributed by atoms with Crippen LogP contribution in [0.15, 0.2) is 29.2 Å². The summed E-state index contributed by atoms with van der Waals surface area (Å²) in [6.45, 7) is 4.86. The lowest BCUT2D eigenvalue weighted by molar-refractivity contribution is -0.119. The topological polar surface area (TPSA) is 54.5 Å². The lowest BCUT2D eigenvalue weighted by Gasteiger charge is -2.31. The Morgan fingerprint density at radius 2 is 1.53 bits per heavy atom. The maximum absolute atomic E-state index is 11.2. The normalized spacial score (nSPS) is 14.8. The average Bonchev–Trinajstić information content (AvgIpc) is 2.27. The van der Waals surface area contributed by atoms with Crippen molar-refractivity contribution in [3.8, 4) is 0 Å². The van der Waals surface area contributed by atoms with Crippen LogP contribution in [0.3, 0.4) is 0 Å². The summed E-state index contributed by atoms with van der Waals surface area (Å²) in [5.41, 5.74) is 0.891. The Morgan fingerprint density at radius 3 is 1.88 bits per heavy atom. The van der Waals surface area contributed by atoms with E-state index >= 15 is 0 Å². The molecule has 1 aliphatic heterocycles. The summed E-state index contributed by atoms with van der Waals surface area (Å²) in [5.74, 6) is 0.210. The number of hydrogen-bond acceptors (Lipinski definition) is 4. The van der Waals surface area contributed by atoms with Gasteiger partial charge in [0.05, 0.1) is 18.0 Å². The van der Waals surface area contributed by atoms with Crippen LogP contribution < -0.4 is 4.90 Å². The van der Waals surface area contributed by atoms with E-state index < -0.39 is 9.84 Å². The van der Waals surface area contributed by atoms with Crippen molar-refractivity contribution in [2.75, 3.05) is 24.2 Å². The van der Waals surface area contributed by atoms with Crippen LogP contribution in [0, 0.1) is 0 Å². The average molecular weight is 255 g/mol. The van der Waals surface area contributed by atoms with Crippen molar-refractivity contribution in [2.45, 2.75) is 18.7 Å². The van der Waals surface area contributed by atoms with Gasteiger partial charge in [-0.1, -0.05) is 13.8 Å². The molecule has 0 radical (unpaired) electrons. The molecule has 1 aromatic rings. The molecule has 5 heteroatoms. The van der Waals surface area contributed by atoms with Crippen LogP contribution in [-0.4, -0.2) is 33.5 Å². The van der Waals surface area contributed by atoms with Gasteiger partial charge in [-0.25, -0.2) is 8.42 Å². The fourth-order valence-corrected chi connectivity index (χ4v) is 2.10. The number of Topliss-reactive ketones (excluding diaryl/α,β-unsaturated/α-hetero) is 1. The highest BCUT2D eigenvalue weighted by Crippen LogP contribution is 2.20. The maximum atomic E-state index is 11.2. The highest BCUT2D eigenvalue weighted by atomic mass is 32.2. The van der Waals surface area contributed by atoms with E-state index in [9.17, 15) is 13.2 Å². The SMILES string of the molecule is CC.CS(=O)(=O)c1ccc(N2CC(=O)C2)cc1. The Labute approximate surface area is 102 Å². The summed E-state index contributed by atoms with van der Waals surface area (Å²) in [6.07, 6.45) is 1.18. The monoisotopic (exact) mass is 255 g/mol. The van der Waals surface area contributed by atoms with E-state index in [2.05, 4.69) is 0 Å². The smallest absolute Gasteiger partial charge is 0.175 e. The fraction of sp³-hybridized carbons (Fsp3) is 0.417. The molecule has 1 fully saturated rings. The number of carbonyl (C=O) groups excluding carboxylic acids is 1. The molecule has 1 aliphatic rings. The van der Waals surface area contributed by atoms with Gasteiger partial charge in [0.15, 0.2) is 15.6 Å². The largest absolute Gasteiger partial charge is 0.357 e. The molecule has 0 atom stereocenters. The summed E-state index contributed by atoms with van der Waals surface area (Å²) >= 11 is 0. The van der Waals surface area contributed by atoms with Crippen LogP contribution in [0.4, 0.5) is 5.69 Å². The lowest BCUT2D eigenvalue weighted by Crippen LogP contribution is -2.47. The molecule has 0 N–H and O–H groups in total. The lowest BCUT2D eigenvalue weighted by atomic mass is 10.1. The second-order valence-electron chi connectivity index (χ2n) is 3.66. The van der Waals surface area contributed by atoms with Crippen LogP contribution in [0.5, 0.6) is 0 Å². The standard InChI is InChI=1S/C10H11NO3S.C2H6/c1-15(13,14)10-4-2-8(3-5-10)11-6-9(12)7-11;1-2/h2-5H,6-7H2,1H3;1-2H3. The molecule has 0 aromatic heterocycles. The Morgan fingerprint density at radius 1 is 1.06 bits per heavy atom. The number of anilines is 1. The number of ketones is 1. The first-order valence-electron chi connectivity index (χ1n) is 5.53. The molecule has 4 nitrogen and oxygen atoms in total. The van der Waals surface area contributed by atoms with E-state index in [-0.39, 0.29) is 5.78 Å². The van der Waals surface area contributed by atoms with E-state index in [4.69, 9.17) is 0 Å². The van der Waals surface area contributed by atoms with Gasteiger partial charge in [0.1, 0.15) is 0 Å². The van der Waals surface area contributed by atoms with Gasteiger partial charge in [-0.05, 0) is 24.3 Å². The first-order valence-corrected chi connectivity index (χ1v) is 7.43. The first kappa shape index (κ1) is 13.7. The van der Waals surface area contributed by atoms with Crippen LogP contribution in [0.25, 0.3) is 0 Å². The van der Waals surface area contributed by atoms with Gasteiger partial charge >= 0.3 is 0 Å². The van der Waals surface area contributed by atoms with Crippen molar-refractivity contribution >= 4 is 21.3 Å². The Kier molecular flexibility index (Phi) is 4.28. The predicted molar refractivity (Wildman–Crippen MR) is 68.1 cm³/mol. The second-order valence-corrected chi connectivity index (χ2v) is 5.68. The van der Waals surface area contributed by atoms with Crippen LogP contribution in [0.2, 0.25) is 0 Å². The zero-order valence-corrected chi connectivity index (χ0v) is 11.1. The van der Waals surface area contributed by atoms with Crippen LogP contribution in [-0.2, 0) is 14.6 Å². The quantitative estimate of drug-likeness (QED) is 0.803. The molecule has 94 valence electrons. The molecule has 2 rings (SSSR count).